The molecule has 0 radical (unpaired) electrons. The first kappa shape index (κ1) is 23.0. The number of ether oxygens (including phenoxy) is 1. The largest absolute Gasteiger partial charge is 0.497 e. The highest BCUT2D eigenvalue weighted by atomic mass is 79.9. The Morgan fingerprint density at radius 1 is 1.03 bits per heavy atom. The fraction of sp³-hybridized carbons (Fsp3) is 0.391. The highest BCUT2D eigenvalue weighted by Crippen LogP contribution is 2.43. The van der Waals surface area contributed by atoms with Crippen molar-refractivity contribution in [1.82, 2.24) is 14.7 Å². The maximum atomic E-state index is 12.8. The van der Waals surface area contributed by atoms with Crippen LogP contribution < -0.4 is 10.3 Å². The van der Waals surface area contributed by atoms with Crippen LogP contribution in [0, 0.1) is 0 Å². The zero-order chi connectivity index (χ0) is 21.7. The van der Waals surface area contributed by atoms with E-state index in [0.717, 1.165) is 41.6 Å². The van der Waals surface area contributed by atoms with E-state index in [4.69, 9.17) is 4.74 Å². The van der Waals surface area contributed by atoms with Crippen LogP contribution in [-0.2, 0) is 6.54 Å². The SMILES string of the molecule is COc1ccc(C(Br)C(Br)c2ccc3c(=O)n(CCCCN(C)C)ncc3c2)cc1. The number of unbranched alkanes of at least 4 members (excludes halogenated alkanes) is 1. The van der Waals surface area contributed by atoms with Crippen molar-refractivity contribution in [2.24, 2.45) is 0 Å². The number of fused-ring (bicyclic) bond motifs is 1. The summed E-state index contributed by atoms with van der Waals surface area (Å²) in [5, 5.41) is 5.96. The highest BCUT2D eigenvalue weighted by molar-refractivity contribution is 9.12. The Morgan fingerprint density at radius 3 is 2.37 bits per heavy atom. The summed E-state index contributed by atoms with van der Waals surface area (Å²) in [6.07, 6.45) is 3.77. The molecule has 3 aromatic rings. The summed E-state index contributed by atoms with van der Waals surface area (Å²) in [7, 11) is 5.78. The quantitative estimate of drug-likeness (QED) is 0.274. The van der Waals surface area contributed by atoms with Crippen molar-refractivity contribution in [1.29, 1.82) is 0 Å². The van der Waals surface area contributed by atoms with Crippen LogP contribution in [-0.4, -0.2) is 42.4 Å². The molecule has 3 rings (SSSR count). The smallest absolute Gasteiger partial charge is 0.274 e. The van der Waals surface area contributed by atoms with Gasteiger partial charge in [-0.1, -0.05) is 50.1 Å². The fourth-order valence-corrected chi connectivity index (χ4v) is 4.55. The molecule has 0 saturated carbocycles. The first-order valence-electron chi connectivity index (χ1n) is 9.97. The molecular formula is C23H27Br2N3O2. The van der Waals surface area contributed by atoms with Crippen LogP contribution in [0.4, 0.5) is 0 Å². The van der Waals surface area contributed by atoms with Gasteiger partial charge in [-0.15, -0.1) is 0 Å². The van der Waals surface area contributed by atoms with Gasteiger partial charge >= 0.3 is 0 Å². The van der Waals surface area contributed by atoms with E-state index < -0.39 is 0 Å². The Bertz CT molecular complexity index is 1030. The molecule has 5 nitrogen and oxygen atoms in total. The Hall–Kier alpha value is -1.70. The van der Waals surface area contributed by atoms with Crippen LogP contribution in [0.15, 0.2) is 53.5 Å². The minimum Gasteiger partial charge on any atom is -0.497 e. The number of halogens is 2. The van der Waals surface area contributed by atoms with Crippen LogP contribution >= 0.6 is 31.9 Å². The van der Waals surface area contributed by atoms with E-state index in [2.05, 4.69) is 56.0 Å². The normalized spacial score (nSPS) is 13.5. The number of methoxy groups -OCH3 is 1. The summed E-state index contributed by atoms with van der Waals surface area (Å²) in [6, 6.07) is 14.0. The number of rotatable bonds is 9. The molecule has 2 unspecified atom stereocenters. The summed E-state index contributed by atoms with van der Waals surface area (Å²) in [6.45, 7) is 1.66. The van der Waals surface area contributed by atoms with Crippen LogP contribution in [0.25, 0.3) is 10.8 Å². The van der Waals surface area contributed by atoms with E-state index in [1.807, 2.05) is 42.5 Å². The van der Waals surface area contributed by atoms with Crippen molar-refractivity contribution in [2.75, 3.05) is 27.7 Å². The molecule has 0 bridgehead atoms. The first-order valence-corrected chi connectivity index (χ1v) is 11.8. The third kappa shape index (κ3) is 5.50. The van der Waals surface area contributed by atoms with E-state index >= 15 is 0 Å². The topological polar surface area (TPSA) is 47.4 Å². The fourth-order valence-electron chi connectivity index (χ4n) is 3.35. The van der Waals surface area contributed by atoms with E-state index in [9.17, 15) is 4.79 Å². The second-order valence-corrected chi connectivity index (χ2v) is 9.58. The number of hydrogen-bond acceptors (Lipinski definition) is 4. The molecule has 1 heterocycles. The van der Waals surface area contributed by atoms with Crippen molar-refractivity contribution in [3.63, 3.8) is 0 Å². The minimum absolute atomic E-state index is 0.0272. The monoisotopic (exact) mass is 535 g/mol. The molecule has 160 valence electrons. The van der Waals surface area contributed by atoms with Gasteiger partial charge in [0.25, 0.3) is 5.56 Å². The van der Waals surface area contributed by atoms with Crippen molar-refractivity contribution in [2.45, 2.75) is 29.0 Å². The molecule has 0 amide bonds. The van der Waals surface area contributed by atoms with Gasteiger partial charge in [0.1, 0.15) is 5.75 Å². The highest BCUT2D eigenvalue weighted by Gasteiger charge is 2.20. The number of nitrogens with zero attached hydrogens (tertiary/aromatic N) is 3. The molecule has 2 atom stereocenters. The maximum Gasteiger partial charge on any atom is 0.274 e. The van der Waals surface area contributed by atoms with E-state index in [1.54, 1.807) is 18.0 Å². The molecule has 0 aliphatic rings. The Balaban J connectivity index is 1.77. The van der Waals surface area contributed by atoms with E-state index in [1.165, 1.54) is 0 Å². The molecule has 1 aromatic heterocycles. The van der Waals surface area contributed by atoms with Gasteiger partial charge in [0.05, 0.1) is 28.3 Å². The molecule has 7 heteroatoms. The lowest BCUT2D eigenvalue weighted by Gasteiger charge is -2.18. The molecule has 0 fully saturated rings. The predicted molar refractivity (Wildman–Crippen MR) is 130 cm³/mol. The first-order chi connectivity index (χ1) is 14.4. The van der Waals surface area contributed by atoms with Crippen LogP contribution in [0.3, 0.4) is 0 Å². The van der Waals surface area contributed by atoms with Gasteiger partial charge in [-0.05, 0) is 68.9 Å². The Labute approximate surface area is 194 Å². The van der Waals surface area contributed by atoms with Gasteiger partial charge in [-0.25, -0.2) is 4.68 Å². The molecule has 0 spiro atoms. The van der Waals surface area contributed by atoms with Crippen molar-refractivity contribution >= 4 is 42.6 Å². The molecule has 0 aliphatic carbocycles. The Morgan fingerprint density at radius 2 is 1.70 bits per heavy atom. The van der Waals surface area contributed by atoms with Crippen LogP contribution in [0.2, 0.25) is 0 Å². The van der Waals surface area contributed by atoms with Gasteiger partial charge in [-0.3, -0.25) is 4.79 Å². The average Bonchev–Trinajstić information content (AvgIpc) is 2.76. The molecule has 30 heavy (non-hydrogen) atoms. The Kier molecular flexibility index (Phi) is 8.08. The minimum atomic E-state index is -0.0272. The average molecular weight is 537 g/mol. The lowest BCUT2D eigenvalue weighted by Crippen LogP contribution is -2.23. The number of hydrogen-bond donors (Lipinski definition) is 0. The van der Waals surface area contributed by atoms with Crippen molar-refractivity contribution in [3.8, 4) is 5.75 Å². The lowest BCUT2D eigenvalue weighted by atomic mass is 10.0. The molecule has 0 aliphatic heterocycles. The van der Waals surface area contributed by atoms with Crippen LogP contribution in [0.5, 0.6) is 5.75 Å². The number of alkyl halides is 2. The zero-order valence-corrected chi connectivity index (χ0v) is 20.7. The summed E-state index contributed by atoms with van der Waals surface area (Å²) >= 11 is 7.61. The van der Waals surface area contributed by atoms with Gasteiger partial charge in [-0.2, -0.15) is 5.10 Å². The summed E-state index contributed by atoms with van der Waals surface area (Å²) < 4.78 is 6.81. The van der Waals surface area contributed by atoms with E-state index in [0.29, 0.717) is 11.9 Å². The number of benzene rings is 2. The van der Waals surface area contributed by atoms with Crippen molar-refractivity contribution in [3.05, 3.63) is 70.1 Å². The second kappa shape index (κ2) is 10.6. The lowest BCUT2D eigenvalue weighted by molar-refractivity contribution is 0.383. The standard InChI is InChI=1S/C23H27Br2N3O2/c1-27(2)12-4-5-13-28-23(29)20-11-8-17(14-18(20)15-26-28)22(25)21(24)16-6-9-19(30-3)10-7-16/h6-11,14-15,21-22H,4-5,12-13H2,1-3H3. The summed E-state index contributed by atoms with van der Waals surface area (Å²) in [5.41, 5.74) is 2.20. The third-order valence-electron chi connectivity index (χ3n) is 5.11. The second-order valence-electron chi connectivity index (χ2n) is 7.61. The zero-order valence-electron chi connectivity index (χ0n) is 17.5. The third-order valence-corrected chi connectivity index (χ3v) is 7.94. The predicted octanol–water partition coefficient (Wildman–Crippen LogP) is 5.32. The molecule has 0 N–H and O–H groups in total. The van der Waals surface area contributed by atoms with Gasteiger partial charge in [0.2, 0.25) is 0 Å². The number of aryl methyl sites for hydroxylation is 1. The van der Waals surface area contributed by atoms with Gasteiger partial charge in [0, 0.05) is 11.9 Å². The number of aromatic nitrogens is 2. The summed E-state index contributed by atoms with van der Waals surface area (Å²) in [5.74, 6) is 0.833. The maximum absolute atomic E-state index is 12.8. The van der Waals surface area contributed by atoms with E-state index in [-0.39, 0.29) is 15.2 Å². The molecular weight excluding hydrogens is 510 g/mol. The van der Waals surface area contributed by atoms with Crippen LogP contribution in [0.1, 0.15) is 33.6 Å². The van der Waals surface area contributed by atoms with Gasteiger partial charge < -0.3 is 9.64 Å². The molecule has 0 saturated heterocycles. The molecule has 2 aromatic carbocycles. The summed E-state index contributed by atoms with van der Waals surface area (Å²) in [4.78, 5) is 15.1. The van der Waals surface area contributed by atoms with Gasteiger partial charge in [0.15, 0.2) is 0 Å². The van der Waals surface area contributed by atoms with Crippen molar-refractivity contribution < 1.29 is 4.74 Å².